The number of benzene rings is 3. The lowest BCUT2D eigenvalue weighted by atomic mass is 9.72. The summed E-state index contributed by atoms with van der Waals surface area (Å²) in [4.78, 5) is 37.8. The SMILES string of the molecule is CCC(O)(CC)C(=O)NC1Cc2ccc3c(c2)C24c5cccc(c5NC2O3)-c2cccc3c2c(cn3COS(C)(=O)=O)-c2cnc(o2)-c2nc(oc24)C(C(C)C)NC1=O. The van der Waals surface area contributed by atoms with E-state index in [4.69, 9.17) is 27.7 Å². The highest BCUT2D eigenvalue weighted by Gasteiger charge is 2.61. The molecule has 1 spiro atoms. The van der Waals surface area contributed by atoms with E-state index in [9.17, 15) is 23.1 Å². The lowest BCUT2D eigenvalue weighted by Gasteiger charge is -2.30. The second kappa shape index (κ2) is 13.0. The van der Waals surface area contributed by atoms with E-state index in [-0.39, 0.29) is 43.7 Å². The maximum atomic E-state index is 14.3. The molecule has 7 heterocycles. The topological polar surface area (TPSA) is 200 Å². The molecule has 3 aromatic carbocycles. The van der Waals surface area contributed by atoms with Crippen molar-refractivity contribution in [2.45, 2.75) is 83.0 Å². The molecule has 3 aromatic heterocycles. The second-order valence-corrected chi connectivity index (χ2v) is 17.8. The van der Waals surface area contributed by atoms with Crippen LogP contribution in [0, 0.1) is 5.92 Å². The van der Waals surface area contributed by atoms with Gasteiger partial charge in [-0.25, -0.2) is 14.2 Å². The fourth-order valence-corrected chi connectivity index (χ4v) is 9.45. The summed E-state index contributed by atoms with van der Waals surface area (Å²) >= 11 is 0. The van der Waals surface area contributed by atoms with E-state index < -0.39 is 51.3 Å². The summed E-state index contributed by atoms with van der Waals surface area (Å²) in [6, 6.07) is 15.8. The Hall–Kier alpha value is -5.97. The van der Waals surface area contributed by atoms with E-state index in [1.54, 1.807) is 30.8 Å². The molecule has 59 heavy (non-hydrogen) atoms. The number of fused-ring (bicyclic) bond motifs is 7. The van der Waals surface area contributed by atoms with E-state index in [2.05, 4.69) is 16.0 Å². The predicted octanol–water partition coefficient (Wildman–Crippen LogP) is 5.75. The maximum absolute atomic E-state index is 14.3. The van der Waals surface area contributed by atoms with Gasteiger partial charge in [-0.05, 0) is 42.0 Å². The van der Waals surface area contributed by atoms with Crippen LogP contribution in [-0.2, 0) is 42.5 Å². The number of hydrogen-bond donors (Lipinski definition) is 4. The molecule has 4 atom stereocenters. The predicted molar refractivity (Wildman–Crippen MR) is 216 cm³/mol. The van der Waals surface area contributed by atoms with Crippen LogP contribution in [0.4, 0.5) is 5.69 Å². The van der Waals surface area contributed by atoms with Crippen molar-refractivity contribution in [3.63, 3.8) is 0 Å². The van der Waals surface area contributed by atoms with Gasteiger partial charge in [-0.2, -0.15) is 8.42 Å². The largest absolute Gasteiger partial charge is 0.469 e. The first-order chi connectivity index (χ1) is 28.2. The van der Waals surface area contributed by atoms with Gasteiger partial charge in [0.25, 0.3) is 16.0 Å². The Labute approximate surface area is 339 Å². The van der Waals surface area contributed by atoms with Crippen LogP contribution in [0.5, 0.6) is 5.75 Å². The molecule has 10 rings (SSSR count). The average molecular weight is 819 g/mol. The van der Waals surface area contributed by atoms with Crippen LogP contribution in [-0.4, -0.2) is 64.0 Å². The molecule has 4 aliphatic rings. The molecule has 2 amide bonds. The molecule has 4 unspecified atom stereocenters. The van der Waals surface area contributed by atoms with Gasteiger partial charge in [-0.3, -0.25) is 9.59 Å². The molecular formula is C43H42N6O9S. The summed E-state index contributed by atoms with van der Waals surface area (Å²) in [5.74, 6) is 0.433. The molecule has 15 nitrogen and oxygen atoms in total. The van der Waals surface area contributed by atoms with Crippen molar-refractivity contribution in [3.8, 4) is 39.8 Å². The minimum Gasteiger partial charge on any atom is -0.469 e. The number of anilines is 1. The number of nitrogens with one attached hydrogen (secondary N) is 3. The molecule has 4 aliphatic heterocycles. The van der Waals surface area contributed by atoms with E-state index in [0.717, 1.165) is 45.1 Å². The highest BCUT2D eigenvalue weighted by atomic mass is 32.2. The van der Waals surface area contributed by atoms with Crippen molar-refractivity contribution in [1.29, 1.82) is 0 Å². The highest BCUT2D eigenvalue weighted by Crippen LogP contribution is 2.61. The Morgan fingerprint density at radius 1 is 1.07 bits per heavy atom. The Morgan fingerprint density at radius 2 is 1.85 bits per heavy atom. The molecular weight excluding hydrogens is 777 g/mol. The number of carbonyl (C=O) groups excluding carboxylic acids is 2. The molecule has 16 heteroatoms. The minimum atomic E-state index is -3.77. The standard InChI is InChI=1S/C43H42N6O9S/c1-6-42(52,7-2)40(51)45-28-17-22-14-15-30-27(16-22)43-26-12-8-11-24(34(26)48-41(43)57-30)23-10-9-13-29-32(23)25(19-49(29)20-55-59(5,53)54)31-18-44-38(56-31)35-36(43)58-39(47-35)33(21(3)4)46-37(28)50/h8-16,18-19,21,28,33,41,48,52H,6-7,17,20H2,1-5H3,(H,45,51)(H,46,50). The molecule has 0 aliphatic carbocycles. The zero-order valence-corrected chi connectivity index (χ0v) is 33.8. The summed E-state index contributed by atoms with van der Waals surface area (Å²) in [5, 5.41) is 21.7. The molecule has 304 valence electrons. The summed E-state index contributed by atoms with van der Waals surface area (Å²) in [5.41, 5.74) is 3.69. The van der Waals surface area contributed by atoms with Crippen molar-refractivity contribution in [1.82, 2.24) is 25.2 Å². The summed E-state index contributed by atoms with van der Waals surface area (Å²) in [7, 11) is -3.77. The monoisotopic (exact) mass is 818 g/mol. The van der Waals surface area contributed by atoms with E-state index >= 15 is 0 Å². The smallest absolute Gasteiger partial charge is 0.266 e. The van der Waals surface area contributed by atoms with Crippen LogP contribution in [0.15, 0.2) is 75.8 Å². The van der Waals surface area contributed by atoms with E-state index in [1.807, 2.05) is 68.4 Å². The van der Waals surface area contributed by atoms with Gasteiger partial charge in [0, 0.05) is 45.9 Å². The van der Waals surface area contributed by atoms with Crippen molar-refractivity contribution in [3.05, 3.63) is 95.3 Å². The average Bonchev–Trinajstić information content (AvgIpc) is 4.04. The summed E-state index contributed by atoms with van der Waals surface area (Å²) in [6.07, 6.45) is 4.14. The van der Waals surface area contributed by atoms with Crippen LogP contribution >= 0.6 is 0 Å². The van der Waals surface area contributed by atoms with Gasteiger partial charge >= 0.3 is 0 Å². The van der Waals surface area contributed by atoms with Crippen molar-refractivity contribution >= 4 is 38.5 Å². The number of aromatic nitrogens is 3. The van der Waals surface area contributed by atoms with Gasteiger partial charge < -0.3 is 39.2 Å². The number of rotatable bonds is 8. The number of hydrogen-bond acceptors (Lipinski definition) is 12. The number of nitrogens with zero attached hydrogens (tertiary/aromatic N) is 3. The number of oxazole rings is 2. The third-order valence-corrected chi connectivity index (χ3v) is 12.9. The Morgan fingerprint density at radius 3 is 2.61 bits per heavy atom. The number of carbonyl (C=O) groups is 2. The third-order valence-electron chi connectivity index (χ3n) is 12.3. The number of para-hydroxylation sites is 1. The van der Waals surface area contributed by atoms with E-state index in [1.165, 1.54) is 0 Å². The second-order valence-electron chi connectivity index (χ2n) is 16.1. The number of aliphatic hydroxyl groups is 1. The van der Waals surface area contributed by atoms with Crippen LogP contribution in [0.2, 0.25) is 0 Å². The molecule has 0 radical (unpaired) electrons. The summed E-state index contributed by atoms with van der Waals surface area (Å²) < 4.78 is 51.7. The number of amides is 2. The Balaban J connectivity index is 1.25. The molecule has 4 N–H and O–H groups in total. The molecule has 6 aromatic rings. The van der Waals surface area contributed by atoms with Crippen molar-refractivity contribution in [2.75, 3.05) is 11.6 Å². The van der Waals surface area contributed by atoms with Gasteiger partial charge in [0.1, 0.15) is 35.6 Å². The molecule has 0 saturated carbocycles. The zero-order valence-electron chi connectivity index (χ0n) is 33.0. The first-order valence-electron chi connectivity index (χ1n) is 19.7. The molecule has 10 bridgehead atoms. The van der Waals surface area contributed by atoms with Crippen LogP contribution < -0.4 is 20.7 Å². The van der Waals surface area contributed by atoms with Gasteiger partial charge in [-0.1, -0.05) is 70.2 Å². The third kappa shape index (κ3) is 5.49. The number of ether oxygens (including phenoxy) is 1. The minimum absolute atomic E-state index is 0.118. The molecule has 0 fully saturated rings. The lowest BCUT2D eigenvalue weighted by molar-refractivity contribution is -0.143. The summed E-state index contributed by atoms with van der Waals surface area (Å²) in [6.45, 7) is 7.08. The Kier molecular flexibility index (Phi) is 8.23. The highest BCUT2D eigenvalue weighted by molar-refractivity contribution is 7.85. The van der Waals surface area contributed by atoms with Gasteiger partial charge in [0.05, 0.1) is 18.0 Å². The van der Waals surface area contributed by atoms with Gasteiger partial charge in [0.15, 0.2) is 23.4 Å². The first-order valence-corrected chi connectivity index (χ1v) is 21.5. The molecule has 0 saturated heterocycles. The maximum Gasteiger partial charge on any atom is 0.266 e. The van der Waals surface area contributed by atoms with Gasteiger partial charge in [-0.15, -0.1) is 0 Å². The van der Waals surface area contributed by atoms with Gasteiger partial charge in [0.2, 0.25) is 17.7 Å². The lowest BCUT2D eigenvalue weighted by Crippen LogP contribution is -2.55. The van der Waals surface area contributed by atoms with Crippen LogP contribution in [0.25, 0.3) is 44.9 Å². The zero-order chi connectivity index (χ0) is 41.2. The Bertz CT molecular complexity index is 2850. The van der Waals surface area contributed by atoms with E-state index in [0.29, 0.717) is 34.0 Å². The first kappa shape index (κ1) is 37.3. The van der Waals surface area contributed by atoms with Crippen molar-refractivity contribution < 1.29 is 40.9 Å². The van der Waals surface area contributed by atoms with Crippen LogP contribution in [0.3, 0.4) is 0 Å². The fourth-order valence-electron chi connectivity index (χ4n) is 9.14. The fraction of sp³-hybridized carbons (Fsp3) is 0.349. The van der Waals surface area contributed by atoms with Crippen LogP contribution in [0.1, 0.15) is 74.9 Å². The normalized spacial score (nSPS) is 21.3. The quantitative estimate of drug-likeness (QED) is 0.136. The van der Waals surface area contributed by atoms with Crippen molar-refractivity contribution in [2.24, 2.45) is 5.92 Å².